The maximum Gasteiger partial charge on any atom is 0.156 e. The Kier molecular flexibility index (Phi) is 2.22. The van der Waals surface area contributed by atoms with Crippen LogP contribution in [0.2, 0.25) is 0 Å². The van der Waals surface area contributed by atoms with Gasteiger partial charge >= 0.3 is 0 Å². The molecule has 0 aliphatic heterocycles. The smallest absolute Gasteiger partial charge is 0.156 e. The van der Waals surface area contributed by atoms with Crippen LogP contribution in [0.15, 0.2) is 23.8 Å². The molecule has 0 saturated carbocycles. The number of allylic oxidation sites excluding steroid dienone is 3. The average molecular weight is 164 g/mol. The molecular formula is C11H16O. The van der Waals surface area contributed by atoms with Crippen molar-refractivity contribution in [1.29, 1.82) is 0 Å². The lowest BCUT2D eigenvalue weighted by Crippen LogP contribution is -2.15. The summed E-state index contributed by atoms with van der Waals surface area (Å²) in [7, 11) is 0. The summed E-state index contributed by atoms with van der Waals surface area (Å²) in [5, 5.41) is 0. The van der Waals surface area contributed by atoms with E-state index in [0.717, 1.165) is 12.0 Å². The van der Waals surface area contributed by atoms with E-state index < -0.39 is 0 Å². The van der Waals surface area contributed by atoms with E-state index in [1.54, 1.807) is 6.08 Å². The Balaban J connectivity index is 2.81. The molecule has 1 nitrogen and oxygen atoms in total. The summed E-state index contributed by atoms with van der Waals surface area (Å²) >= 11 is 0. The second-order valence-corrected chi connectivity index (χ2v) is 4.16. The predicted octanol–water partition coefficient (Wildman–Crippen LogP) is 2.88. The quantitative estimate of drug-likeness (QED) is 0.573. The van der Waals surface area contributed by atoms with Gasteiger partial charge < -0.3 is 0 Å². The summed E-state index contributed by atoms with van der Waals surface area (Å²) in [6.45, 7) is 10.1. The number of hydrogen-bond acceptors (Lipinski definition) is 1. The van der Waals surface area contributed by atoms with Crippen molar-refractivity contribution < 1.29 is 4.79 Å². The molecule has 0 amide bonds. The largest absolute Gasteiger partial charge is 0.295 e. The number of carbonyl (C=O) groups excluding carboxylic acids is 1. The van der Waals surface area contributed by atoms with Gasteiger partial charge in [-0.15, -0.1) is 6.58 Å². The number of rotatable bonds is 2. The normalized spacial score (nSPS) is 28.9. The molecule has 66 valence electrons. The first kappa shape index (κ1) is 9.24. The van der Waals surface area contributed by atoms with Crippen LogP contribution in [0.3, 0.4) is 0 Å². The Labute approximate surface area is 74.2 Å². The van der Waals surface area contributed by atoms with Gasteiger partial charge in [0.05, 0.1) is 0 Å². The lowest BCUT2D eigenvalue weighted by atomic mass is 9.79. The number of hydrogen-bond donors (Lipinski definition) is 0. The van der Waals surface area contributed by atoms with Crippen LogP contribution in [0.1, 0.15) is 33.6 Å². The van der Waals surface area contributed by atoms with Crippen LogP contribution >= 0.6 is 0 Å². The molecule has 1 heteroatoms. The van der Waals surface area contributed by atoms with Crippen LogP contribution in [0.5, 0.6) is 0 Å². The van der Waals surface area contributed by atoms with Gasteiger partial charge in [-0.05, 0) is 31.8 Å². The highest BCUT2D eigenvalue weighted by molar-refractivity contribution is 5.94. The SMILES string of the molecule is C=C(C)CC1(C)CC(=O)C=C1C. The van der Waals surface area contributed by atoms with Gasteiger partial charge in [0, 0.05) is 6.42 Å². The fourth-order valence-corrected chi connectivity index (χ4v) is 1.86. The molecule has 1 atom stereocenters. The van der Waals surface area contributed by atoms with Crippen molar-refractivity contribution in [3.8, 4) is 0 Å². The van der Waals surface area contributed by atoms with Crippen LogP contribution < -0.4 is 0 Å². The van der Waals surface area contributed by atoms with E-state index in [1.165, 1.54) is 5.57 Å². The molecule has 1 aliphatic carbocycles. The zero-order valence-electron chi connectivity index (χ0n) is 8.11. The number of ketones is 1. The Morgan fingerprint density at radius 1 is 1.75 bits per heavy atom. The molecule has 0 aromatic rings. The van der Waals surface area contributed by atoms with E-state index in [1.807, 2.05) is 13.8 Å². The van der Waals surface area contributed by atoms with Crippen LogP contribution in [-0.4, -0.2) is 5.78 Å². The third kappa shape index (κ3) is 1.66. The molecule has 0 aromatic heterocycles. The van der Waals surface area contributed by atoms with Gasteiger partial charge in [0.15, 0.2) is 5.78 Å². The average Bonchev–Trinajstić information content (AvgIpc) is 2.04. The zero-order chi connectivity index (χ0) is 9.35. The summed E-state index contributed by atoms with van der Waals surface area (Å²) in [6, 6.07) is 0. The molecule has 0 N–H and O–H groups in total. The van der Waals surface area contributed by atoms with Crippen molar-refractivity contribution in [3.63, 3.8) is 0 Å². The van der Waals surface area contributed by atoms with Gasteiger partial charge in [-0.2, -0.15) is 0 Å². The highest BCUT2D eigenvalue weighted by Crippen LogP contribution is 2.41. The summed E-state index contributed by atoms with van der Waals surface area (Å²) in [6.07, 6.45) is 3.36. The van der Waals surface area contributed by atoms with Gasteiger partial charge in [-0.25, -0.2) is 0 Å². The highest BCUT2D eigenvalue weighted by Gasteiger charge is 2.33. The standard InChI is InChI=1S/C11H16O/c1-8(2)6-11(4)7-10(12)5-9(11)3/h5H,1,6-7H2,2-4H3. The van der Waals surface area contributed by atoms with Crippen molar-refractivity contribution >= 4 is 5.78 Å². The predicted molar refractivity (Wildman–Crippen MR) is 50.9 cm³/mol. The second-order valence-electron chi connectivity index (χ2n) is 4.16. The molecule has 0 aromatic carbocycles. The van der Waals surface area contributed by atoms with Gasteiger partial charge in [0.2, 0.25) is 0 Å². The molecule has 1 aliphatic rings. The lowest BCUT2D eigenvalue weighted by Gasteiger charge is -2.25. The number of carbonyl (C=O) groups is 1. The topological polar surface area (TPSA) is 17.1 Å². The molecule has 0 saturated heterocycles. The summed E-state index contributed by atoms with van der Waals surface area (Å²) in [5.74, 6) is 0.260. The molecule has 0 bridgehead atoms. The molecule has 1 unspecified atom stereocenters. The molecule has 0 fully saturated rings. The molecular weight excluding hydrogens is 148 g/mol. The van der Waals surface area contributed by atoms with E-state index in [9.17, 15) is 4.79 Å². The van der Waals surface area contributed by atoms with E-state index >= 15 is 0 Å². The minimum absolute atomic E-state index is 0.0584. The van der Waals surface area contributed by atoms with Crippen LogP contribution in [0.4, 0.5) is 0 Å². The molecule has 0 spiro atoms. The summed E-state index contributed by atoms with van der Waals surface area (Å²) in [4.78, 5) is 11.1. The minimum Gasteiger partial charge on any atom is -0.295 e. The van der Waals surface area contributed by atoms with E-state index in [0.29, 0.717) is 6.42 Å². The van der Waals surface area contributed by atoms with E-state index in [4.69, 9.17) is 0 Å². The lowest BCUT2D eigenvalue weighted by molar-refractivity contribution is -0.115. The third-order valence-electron chi connectivity index (χ3n) is 2.59. The van der Waals surface area contributed by atoms with Gasteiger partial charge in [-0.1, -0.05) is 18.1 Å². The third-order valence-corrected chi connectivity index (χ3v) is 2.59. The van der Waals surface area contributed by atoms with Gasteiger partial charge in [-0.3, -0.25) is 4.79 Å². The van der Waals surface area contributed by atoms with Crippen molar-refractivity contribution in [1.82, 2.24) is 0 Å². The molecule has 0 heterocycles. The Hall–Kier alpha value is -0.850. The van der Waals surface area contributed by atoms with Crippen molar-refractivity contribution in [2.45, 2.75) is 33.6 Å². The second kappa shape index (κ2) is 2.89. The summed E-state index contributed by atoms with van der Waals surface area (Å²) < 4.78 is 0. The van der Waals surface area contributed by atoms with Crippen LogP contribution in [0, 0.1) is 5.41 Å². The first-order valence-corrected chi connectivity index (χ1v) is 4.30. The summed E-state index contributed by atoms with van der Waals surface area (Å²) in [5.41, 5.74) is 2.42. The maximum atomic E-state index is 11.1. The Morgan fingerprint density at radius 3 is 2.67 bits per heavy atom. The first-order chi connectivity index (χ1) is 5.44. The Morgan fingerprint density at radius 2 is 2.33 bits per heavy atom. The monoisotopic (exact) mass is 164 g/mol. The van der Waals surface area contributed by atoms with Crippen LogP contribution in [0.25, 0.3) is 0 Å². The fraction of sp³-hybridized carbons (Fsp3) is 0.545. The van der Waals surface area contributed by atoms with E-state index in [-0.39, 0.29) is 11.2 Å². The fourth-order valence-electron chi connectivity index (χ4n) is 1.86. The maximum absolute atomic E-state index is 11.1. The Bertz CT molecular complexity index is 260. The van der Waals surface area contributed by atoms with Gasteiger partial charge in [0.1, 0.15) is 0 Å². The van der Waals surface area contributed by atoms with Crippen molar-refractivity contribution in [2.24, 2.45) is 5.41 Å². The van der Waals surface area contributed by atoms with Gasteiger partial charge in [0.25, 0.3) is 0 Å². The zero-order valence-corrected chi connectivity index (χ0v) is 8.11. The van der Waals surface area contributed by atoms with E-state index in [2.05, 4.69) is 13.5 Å². The minimum atomic E-state index is 0.0584. The van der Waals surface area contributed by atoms with Crippen molar-refractivity contribution in [2.75, 3.05) is 0 Å². The van der Waals surface area contributed by atoms with Crippen LogP contribution in [-0.2, 0) is 4.79 Å². The molecule has 0 radical (unpaired) electrons. The first-order valence-electron chi connectivity index (χ1n) is 4.30. The molecule has 12 heavy (non-hydrogen) atoms. The van der Waals surface area contributed by atoms with Crippen molar-refractivity contribution in [3.05, 3.63) is 23.8 Å². The molecule has 1 rings (SSSR count). The highest BCUT2D eigenvalue weighted by atomic mass is 16.1.